The smallest absolute Gasteiger partial charge is 0.303 e. The maximum Gasteiger partial charge on any atom is 0.303 e. The van der Waals surface area contributed by atoms with Crippen LogP contribution in [0.15, 0.2) is 0 Å². The summed E-state index contributed by atoms with van der Waals surface area (Å²) >= 11 is 0. The van der Waals surface area contributed by atoms with Crippen LogP contribution in [0.2, 0.25) is 0 Å². The molecule has 1 aliphatic rings. The number of carbonyl (C=O) groups excluding carboxylic acids is 1. The number of hydrogen-bond donors (Lipinski definition) is 2. The van der Waals surface area contributed by atoms with Gasteiger partial charge in [-0.05, 0) is 25.7 Å². The molecule has 7 nitrogen and oxygen atoms in total. The average Bonchev–Trinajstić information content (AvgIpc) is 2.38. The minimum Gasteiger partial charge on any atom is -0.481 e. The summed E-state index contributed by atoms with van der Waals surface area (Å²) in [5.74, 6) is -0.900. The lowest BCUT2D eigenvalue weighted by atomic mass is 10.1. The fraction of sp³-hybridized carbons (Fsp3) is 0.846. The molecule has 8 heteroatoms. The van der Waals surface area contributed by atoms with E-state index < -0.39 is 16.0 Å². The highest BCUT2D eigenvalue weighted by atomic mass is 32.2. The zero-order valence-electron chi connectivity index (χ0n) is 12.4. The molecule has 1 saturated heterocycles. The third-order valence-electron chi connectivity index (χ3n) is 3.47. The molecular weight excluding hydrogens is 296 g/mol. The molecule has 1 heterocycles. The molecule has 1 fully saturated rings. The van der Waals surface area contributed by atoms with Crippen LogP contribution in [0.5, 0.6) is 0 Å². The lowest BCUT2D eigenvalue weighted by molar-refractivity contribution is -0.137. The number of hydrogen-bond acceptors (Lipinski definition) is 4. The standard InChI is InChI=1S/C13H24N2O5S/c1-2-10-21(19,20)15-8-6-11(7-9-15)14-12(16)4-3-5-13(17)18/h11H,2-10H2,1H3,(H,14,16)(H,17,18). The van der Waals surface area contributed by atoms with E-state index in [0.717, 1.165) is 0 Å². The molecule has 0 bridgehead atoms. The molecule has 1 aliphatic heterocycles. The Kier molecular flexibility index (Phi) is 7.10. The molecule has 0 atom stereocenters. The molecule has 0 aromatic carbocycles. The summed E-state index contributed by atoms with van der Waals surface area (Å²) in [5, 5.41) is 11.3. The normalized spacial score (nSPS) is 17.6. The number of amides is 1. The van der Waals surface area contributed by atoms with Gasteiger partial charge in [0, 0.05) is 32.0 Å². The van der Waals surface area contributed by atoms with Crippen molar-refractivity contribution in [2.75, 3.05) is 18.8 Å². The molecule has 0 aromatic rings. The Bertz CT molecular complexity index is 455. The molecule has 122 valence electrons. The molecule has 0 saturated carbocycles. The summed E-state index contributed by atoms with van der Waals surface area (Å²) in [4.78, 5) is 22.0. The summed E-state index contributed by atoms with van der Waals surface area (Å²) < 4.78 is 25.3. The lowest BCUT2D eigenvalue weighted by Gasteiger charge is -2.31. The molecule has 0 unspecified atom stereocenters. The summed E-state index contributed by atoms with van der Waals surface area (Å²) in [5.41, 5.74) is 0. The first-order chi connectivity index (χ1) is 9.85. The van der Waals surface area contributed by atoms with Crippen molar-refractivity contribution in [3.05, 3.63) is 0 Å². The third kappa shape index (κ3) is 6.43. The van der Waals surface area contributed by atoms with Crippen molar-refractivity contribution < 1.29 is 23.1 Å². The van der Waals surface area contributed by atoms with E-state index in [-0.39, 0.29) is 30.5 Å². The third-order valence-corrected chi connectivity index (χ3v) is 5.55. The van der Waals surface area contributed by atoms with Gasteiger partial charge in [0.15, 0.2) is 0 Å². The van der Waals surface area contributed by atoms with Crippen LogP contribution in [0.3, 0.4) is 0 Å². The predicted octanol–water partition coefficient (Wildman–Crippen LogP) is 0.562. The Hall–Kier alpha value is -1.15. The Balaban J connectivity index is 2.30. The van der Waals surface area contributed by atoms with Gasteiger partial charge in [-0.1, -0.05) is 6.92 Å². The van der Waals surface area contributed by atoms with E-state index in [1.165, 1.54) is 4.31 Å². The van der Waals surface area contributed by atoms with Gasteiger partial charge >= 0.3 is 5.97 Å². The number of nitrogens with one attached hydrogen (secondary N) is 1. The molecule has 2 N–H and O–H groups in total. The number of piperidine rings is 1. The van der Waals surface area contributed by atoms with Gasteiger partial charge < -0.3 is 10.4 Å². The minimum atomic E-state index is -3.15. The van der Waals surface area contributed by atoms with Gasteiger partial charge in [-0.15, -0.1) is 0 Å². The monoisotopic (exact) mass is 320 g/mol. The lowest BCUT2D eigenvalue weighted by Crippen LogP contribution is -2.47. The highest BCUT2D eigenvalue weighted by Crippen LogP contribution is 2.15. The zero-order chi connectivity index (χ0) is 15.9. The number of nitrogens with zero attached hydrogens (tertiary/aromatic N) is 1. The van der Waals surface area contributed by atoms with E-state index in [2.05, 4.69) is 5.32 Å². The molecule has 0 radical (unpaired) electrons. The van der Waals surface area contributed by atoms with Crippen LogP contribution in [0.4, 0.5) is 0 Å². The molecule has 0 spiro atoms. The summed E-state index contributed by atoms with van der Waals surface area (Å²) in [6.45, 7) is 2.70. The van der Waals surface area contributed by atoms with Crippen molar-refractivity contribution in [1.29, 1.82) is 0 Å². The van der Waals surface area contributed by atoms with E-state index >= 15 is 0 Å². The maximum atomic E-state index is 11.9. The van der Waals surface area contributed by atoms with Crippen molar-refractivity contribution in [2.45, 2.75) is 51.5 Å². The highest BCUT2D eigenvalue weighted by molar-refractivity contribution is 7.89. The van der Waals surface area contributed by atoms with Crippen LogP contribution in [-0.4, -0.2) is 54.6 Å². The van der Waals surface area contributed by atoms with Gasteiger partial charge in [0.25, 0.3) is 0 Å². The summed E-state index contributed by atoms with van der Waals surface area (Å²) in [6.07, 6.45) is 2.32. The number of carboxylic acid groups (broad SMARTS) is 1. The topological polar surface area (TPSA) is 104 Å². The van der Waals surface area contributed by atoms with Gasteiger partial charge in [-0.25, -0.2) is 12.7 Å². The van der Waals surface area contributed by atoms with E-state index in [4.69, 9.17) is 5.11 Å². The van der Waals surface area contributed by atoms with E-state index in [9.17, 15) is 18.0 Å². The fourth-order valence-electron chi connectivity index (χ4n) is 2.37. The van der Waals surface area contributed by atoms with E-state index in [1.807, 2.05) is 6.92 Å². The number of sulfonamides is 1. The fourth-order valence-corrected chi connectivity index (χ4v) is 3.91. The van der Waals surface area contributed by atoms with Gasteiger partial charge in [-0.2, -0.15) is 0 Å². The first-order valence-corrected chi connectivity index (χ1v) is 8.95. The van der Waals surface area contributed by atoms with Gasteiger partial charge in [0.05, 0.1) is 5.75 Å². The summed E-state index contributed by atoms with van der Waals surface area (Å²) in [6, 6.07) is -0.0181. The number of aliphatic carboxylic acids is 1. The average molecular weight is 320 g/mol. The van der Waals surface area contributed by atoms with Crippen LogP contribution in [0, 0.1) is 0 Å². The first kappa shape index (κ1) is 17.9. The highest BCUT2D eigenvalue weighted by Gasteiger charge is 2.27. The van der Waals surface area contributed by atoms with E-state index in [1.54, 1.807) is 0 Å². The van der Waals surface area contributed by atoms with Crippen LogP contribution in [0.25, 0.3) is 0 Å². The zero-order valence-corrected chi connectivity index (χ0v) is 13.2. The second-order valence-corrected chi connectivity index (χ2v) is 7.39. The molecular formula is C13H24N2O5S. The van der Waals surface area contributed by atoms with Crippen LogP contribution in [0.1, 0.15) is 45.4 Å². The van der Waals surface area contributed by atoms with Crippen molar-refractivity contribution >= 4 is 21.9 Å². The Morgan fingerprint density at radius 1 is 1.24 bits per heavy atom. The molecule has 1 amide bonds. The number of rotatable bonds is 8. The number of carboxylic acids is 1. The minimum absolute atomic E-state index is 0.0128. The summed E-state index contributed by atoms with van der Waals surface area (Å²) in [7, 11) is -3.15. The largest absolute Gasteiger partial charge is 0.481 e. The molecule has 0 aliphatic carbocycles. The first-order valence-electron chi connectivity index (χ1n) is 7.34. The second-order valence-electron chi connectivity index (χ2n) is 5.30. The maximum absolute atomic E-state index is 11.9. The van der Waals surface area contributed by atoms with Crippen molar-refractivity contribution in [2.24, 2.45) is 0 Å². The predicted molar refractivity (Wildman–Crippen MR) is 78.3 cm³/mol. The van der Waals surface area contributed by atoms with Crippen molar-refractivity contribution in [3.63, 3.8) is 0 Å². The van der Waals surface area contributed by atoms with Crippen LogP contribution < -0.4 is 5.32 Å². The van der Waals surface area contributed by atoms with Crippen LogP contribution in [-0.2, 0) is 19.6 Å². The van der Waals surface area contributed by atoms with Gasteiger partial charge in [0.1, 0.15) is 0 Å². The molecule has 21 heavy (non-hydrogen) atoms. The SMILES string of the molecule is CCCS(=O)(=O)N1CCC(NC(=O)CCCC(=O)O)CC1. The van der Waals surface area contributed by atoms with Crippen molar-refractivity contribution in [1.82, 2.24) is 9.62 Å². The van der Waals surface area contributed by atoms with Gasteiger partial charge in [-0.3, -0.25) is 9.59 Å². The number of carbonyl (C=O) groups is 2. The quantitative estimate of drug-likeness (QED) is 0.680. The van der Waals surface area contributed by atoms with Crippen LogP contribution >= 0.6 is 0 Å². The van der Waals surface area contributed by atoms with Crippen molar-refractivity contribution in [3.8, 4) is 0 Å². The second kappa shape index (κ2) is 8.33. The van der Waals surface area contributed by atoms with Gasteiger partial charge in [0.2, 0.25) is 15.9 Å². The molecule has 1 rings (SSSR count). The Morgan fingerprint density at radius 2 is 1.86 bits per heavy atom. The molecule has 0 aromatic heterocycles. The Morgan fingerprint density at radius 3 is 2.38 bits per heavy atom. The van der Waals surface area contributed by atoms with E-state index in [0.29, 0.717) is 38.8 Å². The Labute approximate surface area is 125 Å².